The molecule has 1 atom stereocenters. The van der Waals surface area contributed by atoms with E-state index in [9.17, 15) is 14.7 Å². The van der Waals surface area contributed by atoms with Crippen molar-refractivity contribution < 1.29 is 19.8 Å². The highest BCUT2D eigenvalue weighted by molar-refractivity contribution is 6.10. The minimum atomic E-state index is -1.16. The molecule has 0 heterocycles. The lowest BCUT2D eigenvalue weighted by Crippen LogP contribution is -2.17. The number of aliphatic hydroxyl groups is 1. The number of carboxylic acid groups (broad SMARTS) is 1. The second-order valence-electron chi connectivity index (χ2n) is 4.57. The quantitative estimate of drug-likeness (QED) is 0.806. The van der Waals surface area contributed by atoms with E-state index in [0.29, 0.717) is 11.3 Å². The Balaban J connectivity index is 2.33. The molecule has 5 heteroatoms. The molecule has 0 saturated heterocycles. The normalized spacial score (nSPS) is 11.7. The number of amides is 1. The summed E-state index contributed by atoms with van der Waals surface area (Å²) in [4.78, 5) is 23.4. The minimum absolute atomic E-state index is 0.0653. The number of nitrogens with one attached hydrogen (secondary N) is 1. The first-order chi connectivity index (χ1) is 10.0. The number of anilines is 1. The van der Waals surface area contributed by atoms with Crippen LogP contribution in [0.25, 0.3) is 0 Å². The van der Waals surface area contributed by atoms with Gasteiger partial charge in [-0.05, 0) is 25.1 Å². The van der Waals surface area contributed by atoms with Crippen molar-refractivity contribution in [2.24, 2.45) is 0 Å². The van der Waals surface area contributed by atoms with Crippen molar-refractivity contribution >= 4 is 17.6 Å². The van der Waals surface area contributed by atoms with E-state index in [1.165, 1.54) is 12.1 Å². The van der Waals surface area contributed by atoms with Gasteiger partial charge in [0.15, 0.2) is 0 Å². The number of benzene rings is 2. The number of hydrogen-bond donors (Lipinski definition) is 3. The van der Waals surface area contributed by atoms with Gasteiger partial charge in [0.05, 0.1) is 17.2 Å². The number of carbonyl (C=O) groups is 2. The maximum Gasteiger partial charge on any atom is 0.336 e. The molecule has 0 aliphatic carbocycles. The third-order valence-electron chi connectivity index (χ3n) is 3.06. The van der Waals surface area contributed by atoms with Gasteiger partial charge in [-0.2, -0.15) is 0 Å². The minimum Gasteiger partial charge on any atom is -0.478 e. The monoisotopic (exact) mass is 285 g/mol. The van der Waals surface area contributed by atoms with Gasteiger partial charge in [0.25, 0.3) is 5.91 Å². The van der Waals surface area contributed by atoms with Crippen molar-refractivity contribution in [3.8, 4) is 0 Å². The Kier molecular flexibility index (Phi) is 4.35. The van der Waals surface area contributed by atoms with E-state index in [-0.39, 0.29) is 11.1 Å². The molecule has 0 fully saturated rings. The number of carboxylic acids is 1. The Labute approximate surface area is 121 Å². The van der Waals surface area contributed by atoms with Crippen LogP contribution in [0, 0.1) is 0 Å². The Morgan fingerprint density at radius 2 is 1.57 bits per heavy atom. The number of aliphatic hydroxyl groups excluding tert-OH is 1. The summed E-state index contributed by atoms with van der Waals surface area (Å²) in [5, 5.41) is 21.4. The van der Waals surface area contributed by atoms with Gasteiger partial charge < -0.3 is 15.5 Å². The lowest BCUT2D eigenvalue weighted by atomic mass is 10.1. The highest BCUT2D eigenvalue weighted by Gasteiger charge is 2.17. The van der Waals surface area contributed by atoms with Crippen LogP contribution in [0.5, 0.6) is 0 Å². The molecule has 2 aromatic rings. The van der Waals surface area contributed by atoms with Crippen molar-refractivity contribution in [2.75, 3.05) is 5.32 Å². The summed E-state index contributed by atoms with van der Waals surface area (Å²) >= 11 is 0. The average molecular weight is 285 g/mol. The zero-order chi connectivity index (χ0) is 15.4. The van der Waals surface area contributed by atoms with Gasteiger partial charge in [-0.3, -0.25) is 4.79 Å². The Morgan fingerprint density at radius 1 is 1.00 bits per heavy atom. The molecule has 0 aliphatic heterocycles. The first-order valence-corrected chi connectivity index (χ1v) is 6.41. The van der Waals surface area contributed by atoms with Crippen LogP contribution in [0.1, 0.15) is 39.3 Å². The molecule has 3 N–H and O–H groups in total. The largest absolute Gasteiger partial charge is 0.478 e. The maximum absolute atomic E-state index is 12.3. The summed E-state index contributed by atoms with van der Waals surface area (Å²) in [5.41, 5.74) is 1.03. The topological polar surface area (TPSA) is 86.6 Å². The van der Waals surface area contributed by atoms with Crippen molar-refractivity contribution in [2.45, 2.75) is 13.0 Å². The van der Waals surface area contributed by atoms with Crippen molar-refractivity contribution in [1.82, 2.24) is 0 Å². The van der Waals surface area contributed by atoms with Crippen LogP contribution in [-0.4, -0.2) is 22.1 Å². The number of rotatable bonds is 4. The fourth-order valence-corrected chi connectivity index (χ4v) is 2.03. The summed E-state index contributed by atoms with van der Waals surface area (Å²) in [6.07, 6.45) is -0.740. The number of hydrogen-bond acceptors (Lipinski definition) is 3. The summed E-state index contributed by atoms with van der Waals surface area (Å²) in [6, 6.07) is 12.8. The molecule has 0 spiro atoms. The van der Waals surface area contributed by atoms with Crippen molar-refractivity contribution in [3.63, 3.8) is 0 Å². The van der Waals surface area contributed by atoms with Crippen LogP contribution < -0.4 is 5.32 Å². The van der Waals surface area contributed by atoms with E-state index in [1.807, 2.05) is 0 Å². The van der Waals surface area contributed by atoms with Gasteiger partial charge in [-0.15, -0.1) is 0 Å². The third kappa shape index (κ3) is 3.27. The van der Waals surface area contributed by atoms with Gasteiger partial charge in [0.1, 0.15) is 0 Å². The van der Waals surface area contributed by atoms with Crippen LogP contribution >= 0.6 is 0 Å². The first-order valence-electron chi connectivity index (χ1n) is 6.41. The van der Waals surface area contributed by atoms with E-state index in [2.05, 4.69) is 5.32 Å². The van der Waals surface area contributed by atoms with Crippen LogP contribution in [0.4, 0.5) is 5.69 Å². The Bertz CT molecular complexity index is 679. The zero-order valence-corrected chi connectivity index (χ0v) is 11.4. The van der Waals surface area contributed by atoms with E-state index in [0.717, 1.165) is 0 Å². The van der Waals surface area contributed by atoms with Gasteiger partial charge >= 0.3 is 5.97 Å². The fourth-order valence-electron chi connectivity index (χ4n) is 2.03. The summed E-state index contributed by atoms with van der Waals surface area (Å²) in [5.74, 6) is -1.69. The van der Waals surface area contributed by atoms with Gasteiger partial charge in [-0.1, -0.05) is 30.3 Å². The van der Waals surface area contributed by atoms with E-state index in [1.54, 1.807) is 43.3 Å². The smallest absolute Gasteiger partial charge is 0.336 e. The molecule has 0 aromatic heterocycles. The molecule has 5 nitrogen and oxygen atoms in total. The van der Waals surface area contributed by atoms with Gasteiger partial charge in [-0.25, -0.2) is 4.79 Å². The molecule has 1 amide bonds. The van der Waals surface area contributed by atoms with Crippen LogP contribution in [-0.2, 0) is 0 Å². The fraction of sp³-hybridized carbons (Fsp3) is 0.125. The highest BCUT2D eigenvalue weighted by atomic mass is 16.4. The van der Waals surface area contributed by atoms with Crippen LogP contribution in [0.3, 0.4) is 0 Å². The predicted molar refractivity (Wildman–Crippen MR) is 78.4 cm³/mol. The first kappa shape index (κ1) is 14.7. The van der Waals surface area contributed by atoms with E-state index < -0.39 is 18.0 Å². The Morgan fingerprint density at radius 3 is 2.19 bits per heavy atom. The van der Waals surface area contributed by atoms with Gasteiger partial charge in [0, 0.05) is 11.3 Å². The SMILES string of the molecule is CC(O)c1ccccc1NC(=O)c1ccccc1C(=O)O. The van der Waals surface area contributed by atoms with Crippen molar-refractivity contribution in [3.05, 3.63) is 65.2 Å². The molecule has 0 saturated carbocycles. The maximum atomic E-state index is 12.3. The van der Waals surface area contributed by atoms with Gasteiger partial charge in [0.2, 0.25) is 0 Å². The molecule has 1 unspecified atom stereocenters. The molecule has 0 aliphatic rings. The van der Waals surface area contributed by atoms with Crippen LogP contribution in [0.15, 0.2) is 48.5 Å². The second-order valence-corrected chi connectivity index (χ2v) is 4.57. The number of aromatic carboxylic acids is 1. The van der Waals surface area contributed by atoms with Crippen LogP contribution in [0.2, 0.25) is 0 Å². The van der Waals surface area contributed by atoms with E-state index in [4.69, 9.17) is 5.11 Å². The molecule has 21 heavy (non-hydrogen) atoms. The lowest BCUT2D eigenvalue weighted by Gasteiger charge is -2.13. The molecule has 0 radical (unpaired) electrons. The molecule has 2 aromatic carbocycles. The molecule has 108 valence electrons. The molecule has 2 rings (SSSR count). The number of carbonyl (C=O) groups excluding carboxylic acids is 1. The predicted octanol–water partition coefficient (Wildman–Crippen LogP) is 2.69. The summed E-state index contributed by atoms with van der Waals surface area (Å²) < 4.78 is 0. The Hall–Kier alpha value is -2.66. The van der Waals surface area contributed by atoms with Crippen molar-refractivity contribution in [1.29, 1.82) is 0 Å². The second kappa shape index (κ2) is 6.19. The molecular formula is C16H15NO4. The zero-order valence-electron chi connectivity index (χ0n) is 11.4. The third-order valence-corrected chi connectivity index (χ3v) is 3.06. The summed E-state index contributed by atoms with van der Waals surface area (Å²) in [6.45, 7) is 1.59. The molecule has 0 bridgehead atoms. The standard InChI is InChI=1S/C16H15NO4/c1-10(18)11-6-4-5-9-14(11)17-15(19)12-7-2-3-8-13(12)16(20)21/h2-10,18H,1H3,(H,17,19)(H,20,21). The summed E-state index contributed by atoms with van der Waals surface area (Å²) in [7, 11) is 0. The highest BCUT2D eigenvalue weighted by Crippen LogP contribution is 2.23. The number of para-hydroxylation sites is 1. The lowest BCUT2D eigenvalue weighted by molar-refractivity contribution is 0.0692. The molecular weight excluding hydrogens is 270 g/mol. The van der Waals surface area contributed by atoms with E-state index >= 15 is 0 Å². The average Bonchev–Trinajstić information content (AvgIpc) is 2.47.